The third kappa shape index (κ3) is 5.88. The highest BCUT2D eigenvalue weighted by Crippen LogP contribution is 2.28. The molecule has 0 bridgehead atoms. The molecule has 0 aliphatic carbocycles. The normalized spacial score (nSPS) is 10.2. The number of rotatable bonds is 8. The fraction of sp³-hybridized carbons (Fsp3) is 0.190. The van der Waals surface area contributed by atoms with Crippen LogP contribution in [-0.4, -0.2) is 32.2 Å². The Kier molecular flexibility index (Phi) is 7.61. The monoisotopic (exact) mass is 380 g/mol. The van der Waals surface area contributed by atoms with Crippen molar-refractivity contribution in [3.05, 3.63) is 59.7 Å². The number of nitrogens with one attached hydrogen (secondary N) is 1. The quantitative estimate of drug-likeness (QED) is 0.707. The molecular weight excluding hydrogens is 360 g/mol. The average molecular weight is 380 g/mol. The summed E-state index contributed by atoms with van der Waals surface area (Å²) in [4.78, 5) is 23.7. The third-order valence-corrected chi connectivity index (χ3v) is 3.58. The number of hydrogen-bond donors (Lipinski definition) is 1. The first-order valence-electron chi connectivity index (χ1n) is 8.45. The number of amides is 1. The number of benzene rings is 2. The summed E-state index contributed by atoms with van der Waals surface area (Å²) in [5.74, 6) is -0.387. The Morgan fingerprint density at radius 2 is 1.93 bits per heavy atom. The molecule has 144 valence electrons. The van der Waals surface area contributed by atoms with Crippen molar-refractivity contribution < 1.29 is 23.8 Å². The Hall–Kier alpha value is -3.79. The summed E-state index contributed by atoms with van der Waals surface area (Å²) in [5.41, 5.74) is 1.61. The summed E-state index contributed by atoms with van der Waals surface area (Å²) in [6.07, 6.45) is 3.80. The van der Waals surface area contributed by atoms with Crippen molar-refractivity contribution in [3.63, 3.8) is 0 Å². The van der Waals surface area contributed by atoms with Gasteiger partial charge in [-0.3, -0.25) is 4.79 Å². The highest BCUT2D eigenvalue weighted by Gasteiger charge is 2.12. The average Bonchev–Trinajstić information content (AvgIpc) is 2.71. The first-order valence-corrected chi connectivity index (χ1v) is 8.45. The van der Waals surface area contributed by atoms with Gasteiger partial charge in [0, 0.05) is 0 Å². The number of nitriles is 1. The minimum atomic E-state index is -0.705. The van der Waals surface area contributed by atoms with Crippen LogP contribution >= 0.6 is 0 Å². The molecule has 0 spiro atoms. The van der Waals surface area contributed by atoms with Gasteiger partial charge >= 0.3 is 5.97 Å². The second-order valence-electron chi connectivity index (χ2n) is 5.57. The van der Waals surface area contributed by atoms with Gasteiger partial charge in [-0.1, -0.05) is 30.4 Å². The molecule has 0 saturated carbocycles. The van der Waals surface area contributed by atoms with Gasteiger partial charge in [0.05, 0.1) is 18.4 Å². The summed E-state index contributed by atoms with van der Waals surface area (Å²) < 4.78 is 15.6. The van der Waals surface area contributed by atoms with Gasteiger partial charge in [0.1, 0.15) is 6.07 Å². The summed E-state index contributed by atoms with van der Waals surface area (Å²) in [5, 5.41) is 11.5. The van der Waals surface area contributed by atoms with E-state index < -0.39 is 18.5 Å². The number of nitrogens with zero attached hydrogens (tertiary/aromatic N) is 1. The van der Waals surface area contributed by atoms with Crippen LogP contribution in [0.1, 0.15) is 18.1 Å². The number of para-hydroxylation sites is 1. The highest BCUT2D eigenvalue weighted by atomic mass is 16.6. The molecular formula is C21H20N2O5. The summed E-state index contributed by atoms with van der Waals surface area (Å²) in [6.45, 7) is 1.04. The third-order valence-electron chi connectivity index (χ3n) is 3.58. The summed E-state index contributed by atoms with van der Waals surface area (Å²) in [7, 11) is 1.50. The predicted octanol–water partition coefficient (Wildman–Crippen LogP) is 3.16. The Morgan fingerprint density at radius 3 is 2.64 bits per heavy atom. The van der Waals surface area contributed by atoms with Crippen molar-refractivity contribution in [3.8, 4) is 17.6 Å². The van der Waals surface area contributed by atoms with Crippen LogP contribution < -0.4 is 14.8 Å². The molecule has 0 saturated heterocycles. The van der Waals surface area contributed by atoms with Crippen LogP contribution in [0.4, 0.5) is 5.69 Å². The molecule has 2 aromatic carbocycles. The largest absolute Gasteiger partial charge is 0.493 e. The number of methoxy groups -OCH3 is 1. The van der Waals surface area contributed by atoms with E-state index in [9.17, 15) is 9.59 Å². The minimum Gasteiger partial charge on any atom is -0.493 e. The zero-order chi connectivity index (χ0) is 20.4. The molecule has 0 unspecified atom stereocenters. The number of carbonyl (C=O) groups is 2. The summed E-state index contributed by atoms with van der Waals surface area (Å²) in [6, 6.07) is 13.8. The maximum atomic E-state index is 11.9. The Labute approximate surface area is 163 Å². The van der Waals surface area contributed by atoms with E-state index in [1.165, 1.54) is 7.11 Å². The Morgan fingerprint density at radius 1 is 1.14 bits per heavy atom. The molecule has 2 rings (SSSR count). The number of esters is 1. The van der Waals surface area contributed by atoms with Gasteiger partial charge in [-0.25, -0.2) is 4.79 Å². The molecule has 2 aromatic rings. The van der Waals surface area contributed by atoms with Gasteiger partial charge in [-0.15, -0.1) is 0 Å². The van der Waals surface area contributed by atoms with Crippen molar-refractivity contribution in [2.45, 2.75) is 6.92 Å². The minimum absolute atomic E-state index is 0.318. The van der Waals surface area contributed by atoms with Crippen LogP contribution in [0.25, 0.3) is 6.08 Å². The van der Waals surface area contributed by atoms with E-state index in [0.717, 1.165) is 5.56 Å². The van der Waals surface area contributed by atoms with Gasteiger partial charge in [0.2, 0.25) is 0 Å². The lowest BCUT2D eigenvalue weighted by Crippen LogP contribution is -2.24. The molecule has 7 nitrogen and oxygen atoms in total. The van der Waals surface area contributed by atoms with Crippen LogP contribution in [0, 0.1) is 11.3 Å². The maximum Gasteiger partial charge on any atom is 0.344 e. The van der Waals surface area contributed by atoms with Crippen LogP contribution in [-0.2, 0) is 14.3 Å². The SMILES string of the molecule is C/C=C/c1ccc(OCC(=O)OCC(=O)Nc2ccccc2C#N)c(OC)c1. The molecule has 7 heteroatoms. The molecule has 0 heterocycles. The van der Waals surface area contributed by atoms with Gasteiger partial charge in [-0.05, 0) is 36.8 Å². The van der Waals surface area contributed by atoms with Crippen molar-refractivity contribution in [1.29, 1.82) is 5.26 Å². The predicted molar refractivity (Wildman–Crippen MR) is 104 cm³/mol. The molecule has 0 aromatic heterocycles. The van der Waals surface area contributed by atoms with E-state index in [2.05, 4.69) is 5.32 Å². The van der Waals surface area contributed by atoms with Crippen LogP contribution in [0.2, 0.25) is 0 Å². The standard InChI is InChI=1S/C21H20N2O5/c1-3-6-15-9-10-18(19(11-15)26-2)27-14-21(25)28-13-20(24)23-17-8-5-4-7-16(17)12-22/h3-11H,13-14H2,1-2H3,(H,23,24)/b6-3+. The number of allylic oxidation sites excluding steroid dienone is 1. The second-order valence-corrected chi connectivity index (χ2v) is 5.57. The number of hydrogen-bond acceptors (Lipinski definition) is 6. The lowest BCUT2D eigenvalue weighted by Gasteiger charge is -2.11. The van der Waals surface area contributed by atoms with Gasteiger partial charge in [0.25, 0.3) is 5.91 Å². The molecule has 0 radical (unpaired) electrons. The lowest BCUT2D eigenvalue weighted by molar-refractivity contribution is -0.149. The van der Waals surface area contributed by atoms with Gasteiger partial charge < -0.3 is 19.5 Å². The Bertz CT molecular complexity index is 915. The van der Waals surface area contributed by atoms with E-state index >= 15 is 0 Å². The molecule has 1 N–H and O–H groups in total. The first kappa shape index (κ1) is 20.5. The van der Waals surface area contributed by atoms with Crippen LogP contribution in [0.15, 0.2) is 48.5 Å². The van der Waals surface area contributed by atoms with Gasteiger partial charge in [-0.2, -0.15) is 5.26 Å². The Balaban J connectivity index is 1.84. The smallest absolute Gasteiger partial charge is 0.344 e. The topological polar surface area (TPSA) is 97.6 Å². The maximum absolute atomic E-state index is 11.9. The molecule has 0 atom stereocenters. The van der Waals surface area contributed by atoms with E-state index in [1.54, 1.807) is 36.4 Å². The van der Waals surface area contributed by atoms with Crippen molar-refractivity contribution in [2.24, 2.45) is 0 Å². The van der Waals surface area contributed by atoms with E-state index in [0.29, 0.717) is 22.7 Å². The van der Waals surface area contributed by atoms with E-state index in [1.807, 2.05) is 31.2 Å². The second kappa shape index (κ2) is 10.4. The fourth-order valence-corrected chi connectivity index (χ4v) is 2.30. The molecule has 0 fully saturated rings. The molecule has 0 aliphatic rings. The molecule has 0 aliphatic heterocycles. The van der Waals surface area contributed by atoms with Crippen molar-refractivity contribution >= 4 is 23.6 Å². The number of ether oxygens (including phenoxy) is 3. The zero-order valence-corrected chi connectivity index (χ0v) is 15.6. The number of anilines is 1. The van der Waals surface area contributed by atoms with Gasteiger partial charge in [0.15, 0.2) is 24.7 Å². The van der Waals surface area contributed by atoms with Crippen molar-refractivity contribution in [2.75, 3.05) is 25.6 Å². The van der Waals surface area contributed by atoms with Crippen molar-refractivity contribution in [1.82, 2.24) is 0 Å². The zero-order valence-electron chi connectivity index (χ0n) is 15.6. The van der Waals surface area contributed by atoms with E-state index in [4.69, 9.17) is 19.5 Å². The van der Waals surface area contributed by atoms with Crippen LogP contribution in [0.3, 0.4) is 0 Å². The fourth-order valence-electron chi connectivity index (χ4n) is 2.30. The molecule has 28 heavy (non-hydrogen) atoms. The summed E-state index contributed by atoms with van der Waals surface area (Å²) >= 11 is 0. The lowest BCUT2D eigenvalue weighted by atomic mass is 10.2. The number of carbonyl (C=O) groups excluding carboxylic acids is 2. The first-order chi connectivity index (χ1) is 13.6. The van der Waals surface area contributed by atoms with Crippen LogP contribution in [0.5, 0.6) is 11.5 Å². The highest BCUT2D eigenvalue weighted by molar-refractivity contribution is 5.94. The molecule has 1 amide bonds. The van der Waals surface area contributed by atoms with E-state index in [-0.39, 0.29) is 6.61 Å².